The van der Waals surface area contributed by atoms with Crippen molar-refractivity contribution in [1.82, 2.24) is 5.32 Å². The molecule has 0 aliphatic carbocycles. The second kappa shape index (κ2) is 8.22. The van der Waals surface area contributed by atoms with E-state index >= 15 is 0 Å². The number of aliphatic imine (C=N–C) groups is 1. The van der Waals surface area contributed by atoms with Crippen molar-refractivity contribution in [3.8, 4) is 5.75 Å². The number of hydrogen-bond acceptors (Lipinski definition) is 3. The highest BCUT2D eigenvalue weighted by atomic mass is 32.1. The summed E-state index contributed by atoms with van der Waals surface area (Å²) in [5.41, 5.74) is 5.78. The molecule has 3 N–H and O–H groups in total. The molecule has 2 rings (SSSR count). The topological polar surface area (TPSA) is 59.6 Å². The fraction of sp³-hybridized carbons (Fsp3) is 0.267. The summed E-state index contributed by atoms with van der Waals surface area (Å²) >= 11 is 1.74. The summed E-state index contributed by atoms with van der Waals surface area (Å²) in [6.45, 7) is 1.91. The number of thiophene rings is 1. The van der Waals surface area contributed by atoms with Crippen molar-refractivity contribution in [3.05, 3.63) is 52.7 Å². The molecule has 0 aliphatic heterocycles. The van der Waals surface area contributed by atoms with Crippen LogP contribution in [0.5, 0.6) is 5.75 Å². The molecule has 0 amide bonds. The van der Waals surface area contributed by atoms with Gasteiger partial charge in [0, 0.05) is 17.8 Å². The van der Waals surface area contributed by atoms with Crippen molar-refractivity contribution in [2.24, 2.45) is 10.7 Å². The zero-order valence-electron chi connectivity index (χ0n) is 11.3. The quantitative estimate of drug-likeness (QED) is 0.467. The molecule has 0 bridgehead atoms. The van der Waals surface area contributed by atoms with Gasteiger partial charge >= 0.3 is 0 Å². The number of benzene rings is 1. The number of rotatable bonds is 7. The summed E-state index contributed by atoms with van der Waals surface area (Å²) in [6.07, 6.45) is 0.931. The molecule has 0 saturated heterocycles. The molecule has 1 aromatic carbocycles. The van der Waals surface area contributed by atoms with Crippen LogP contribution >= 0.6 is 11.3 Å². The summed E-state index contributed by atoms with van der Waals surface area (Å²) < 4.78 is 5.55. The van der Waals surface area contributed by atoms with E-state index in [9.17, 15) is 0 Å². The number of nitrogens with zero attached hydrogens (tertiary/aromatic N) is 1. The Bertz CT molecular complexity index is 511. The van der Waals surface area contributed by atoms with Crippen LogP contribution in [0.2, 0.25) is 0 Å². The Hall–Kier alpha value is -2.01. The van der Waals surface area contributed by atoms with Gasteiger partial charge in [-0.2, -0.15) is 0 Å². The minimum Gasteiger partial charge on any atom is -0.492 e. The zero-order chi connectivity index (χ0) is 14.0. The molecule has 1 heterocycles. The van der Waals surface area contributed by atoms with Crippen LogP contribution in [0.25, 0.3) is 0 Å². The van der Waals surface area contributed by atoms with Gasteiger partial charge in [0.05, 0.1) is 6.54 Å². The molecular weight excluding hydrogens is 270 g/mol. The predicted molar refractivity (Wildman–Crippen MR) is 84.5 cm³/mol. The molecule has 0 aliphatic rings. The van der Waals surface area contributed by atoms with Crippen LogP contribution in [0, 0.1) is 0 Å². The number of guanidine groups is 1. The Balaban J connectivity index is 1.58. The van der Waals surface area contributed by atoms with E-state index in [1.165, 1.54) is 4.88 Å². The molecule has 106 valence electrons. The van der Waals surface area contributed by atoms with Crippen LogP contribution in [0.1, 0.15) is 4.88 Å². The summed E-state index contributed by atoms with van der Waals surface area (Å²) in [5.74, 6) is 1.33. The van der Waals surface area contributed by atoms with Gasteiger partial charge in [0.15, 0.2) is 5.96 Å². The monoisotopic (exact) mass is 289 g/mol. The SMILES string of the molecule is NC(=NCCc1cccs1)NCCOc1ccccc1. The minimum atomic E-state index is 0.471. The molecule has 0 spiro atoms. The molecule has 1 aromatic heterocycles. The lowest BCUT2D eigenvalue weighted by Gasteiger charge is -2.07. The normalized spacial score (nSPS) is 11.3. The Morgan fingerprint density at radius 2 is 2.05 bits per heavy atom. The first-order chi connectivity index (χ1) is 9.84. The van der Waals surface area contributed by atoms with Crippen molar-refractivity contribution >= 4 is 17.3 Å². The Morgan fingerprint density at radius 3 is 2.80 bits per heavy atom. The lowest BCUT2D eigenvalue weighted by Crippen LogP contribution is -2.34. The highest BCUT2D eigenvalue weighted by Crippen LogP contribution is 2.08. The van der Waals surface area contributed by atoms with Crippen LogP contribution in [0.15, 0.2) is 52.8 Å². The minimum absolute atomic E-state index is 0.471. The van der Waals surface area contributed by atoms with E-state index < -0.39 is 0 Å². The van der Waals surface area contributed by atoms with E-state index in [1.807, 2.05) is 36.4 Å². The number of nitrogens with one attached hydrogen (secondary N) is 1. The molecule has 4 nitrogen and oxygen atoms in total. The van der Waals surface area contributed by atoms with Crippen molar-refractivity contribution in [2.45, 2.75) is 6.42 Å². The molecule has 0 fully saturated rings. The number of hydrogen-bond donors (Lipinski definition) is 2. The highest BCUT2D eigenvalue weighted by molar-refractivity contribution is 7.09. The van der Waals surface area contributed by atoms with Gasteiger partial charge in [-0.1, -0.05) is 24.3 Å². The van der Waals surface area contributed by atoms with Crippen LogP contribution < -0.4 is 15.8 Å². The van der Waals surface area contributed by atoms with Gasteiger partial charge in [0.2, 0.25) is 0 Å². The van der Waals surface area contributed by atoms with Gasteiger partial charge < -0.3 is 15.8 Å². The van der Waals surface area contributed by atoms with Crippen LogP contribution in [-0.2, 0) is 6.42 Å². The molecule has 5 heteroatoms. The Labute approximate surface area is 123 Å². The number of para-hydroxylation sites is 1. The first kappa shape index (κ1) is 14.4. The summed E-state index contributed by atoms with van der Waals surface area (Å²) in [5, 5.41) is 5.11. The fourth-order valence-corrected chi connectivity index (χ4v) is 2.36. The Kier molecular flexibility index (Phi) is 5.92. The molecule has 0 radical (unpaired) electrons. The third-order valence-corrected chi connectivity index (χ3v) is 3.58. The molecule has 0 atom stereocenters. The maximum atomic E-state index is 5.78. The molecule has 2 aromatic rings. The van der Waals surface area contributed by atoms with Crippen LogP contribution in [-0.4, -0.2) is 25.7 Å². The van der Waals surface area contributed by atoms with Gasteiger partial charge in [-0.15, -0.1) is 11.3 Å². The Morgan fingerprint density at radius 1 is 1.20 bits per heavy atom. The van der Waals surface area contributed by atoms with Crippen LogP contribution in [0.4, 0.5) is 0 Å². The predicted octanol–water partition coefficient (Wildman–Crippen LogP) is 2.27. The van der Waals surface area contributed by atoms with Gasteiger partial charge in [-0.25, -0.2) is 0 Å². The number of nitrogens with two attached hydrogens (primary N) is 1. The fourth-order valence-electron chi connectivity index (χ4n) is 1.66. The molecule has 0 saturated carbocycles. The first-order valence-electron chi connectivity index (χ1n) is 6.58. The largest absolute Gasteiger partial charge is 0.492 e. The second-order valence-electron chi connectivity index (χ2n) is 4.18. The maximum absolute atomic E-state index is 5.78. The van der Waals surface area contributed by atoms with E-state index in [2.05, 4.69) is 21.8 Å². The lowest BCUT2D eigenvalue weighted by atomic mass is 10.3. The van der Waals surface area contributed by atoms with Crippen LogP contribution in [0.3, 0.4) is 0 Å². The van der Waals surface area contributed by atoms with E-state index in [0.29, 0.717) is 25.7 Å². The van der Waals surface area contributed by atoms with Crippen molar-refractivity contribution in [2.75, 3.05) is 19.7 Å². The molecule has 0 unspecified atom stereocenters. The first-order valence-corrected chi connectivity index (χ1v) is 7.46. The van der Waals surface area contributed by atoms with E-state index in [-0.39, 0.29) is 0 Å². The summed E-state index contributed by atoms with van der Waals surface area (Å²) in [7, 11) is 0. The zero-order valence-corrected chi connectivity index (χ0v) is 12.1. The second-order valence-corrected chi connectivity index (χ2v) is 5.22. The summed E-state index contributed by atoms with van der Waals surface area (Å²) in [4.78, 5) is 5.61. The van der Waals surface area contributed by atoms with Gasteiger partial charge in [0.1, 0.15) is 12.4 Å². The summed E-state index contributed by atoms with van der Waals surface area (Å²) in [6, 6.07) is 13.9. The maximum Gasteiger partial charge on any atom is 0.188 e. The van der Waals surface area contributed by atoms with Crippen molar-refractivity contribution in [3.63, 3.8) is 0 Å². The smallest absolute Gasteiger partial charge is 0.188 e. The lowest BCUT2D eigenvalue weighted by molar-refractivity contribution is 0.322. The average Bonchev–Trinajstić information content (AvgIpc) is 2.98. The van der Waals surface area contributed by atoms with E-state index in [1.54, 1.807) is 11.3 Å². The standard InChI is InChI=1S/C15H19N3OS/c16-15(17-9-8-14-7-4-12-20-14)18-10-11-19-13-5-2-1-3-6-13/h1-7,12H,8-11H2,(H3,16,17,18). The van der Waals surface area contributed by atoms with Gasteiger partial charge in [-0.05, 0) is 23.6 Å². The van der Waals surface area contributed by atoms with Gasteiger partial charge in [0.25, 0.3) is 0 Å². The van der Waals surface area contributed by atoms with E-state index in [0.717, 1.165) is 12.2 Å². The van der Waals surface area contributed by atoms with Crippen molar-refractivity contribution in [1.29, 1.82) is 0 Å². The highest BCUT2D eigenvalue weighted by Gasteiger charge is 1.95. The molecule has 20 heavy (non-hydrogen) atoms. The van der Waals surface area contributed by atoms with Crippen molar-refractivity contribution < 1.29 is 4.74 Å². The average molecular weight is 289 g/mol. The number of ether oxygens (including phenoxy) is 1. The molecular formula is C15H19N3OS. The third kappa shape index (κ3) is 5.32. The third-order valence-electron chi connectivity index (χ3n) is 2.64. The van der Waals surface area contributed by atoms with Gasteiger partial charge in [-0.3, -0.25) is 4.99 Å². The van der Waals surface area contributed by atoms with E-state index in [4.69, 9.17) is 10.5 Å².